The summed E-state index contributed by atoms with van der Waals surface area (Å²) in [6, 6.07) is 1.28. The fourth-order valence-electron chi connectivity index (χ4n) is 8.13. The van der Waals surface area contributed by atoms with Crippen molar-refractivity contribution in [1.29, 1.82) is 0 Å². The fraction of sp³-hybridized carbons (Fsp3) is 1.00. The second-order valence-electron chi connectivity index (χ2n) is 17.6. The van der Waals surface area contributed by atoms with E-state index in [1.54, 1.807) is 6.28 Å². The molecule has 3 fully saturated rings. The number of thiol groups is 1. The van der Waals surface area contributed by atoms with Crippen LogP contribution in [0.4, 0.5) is 0 Å². The van der Waals surface area contributed by atoms with Crippen LogP contribution in [0.3, 0.4) is 0 Å². The average Bonchev–Trinajstić information content (AvgIpc) is 3.81. The smallest absolute Gasteiger partial charge is 0.213 e. The van der Waals surface area contributed by atoms with Gasteiger partial charge >= 0.3 is 0 Å². The minimum absolute atomic E-state index is 0. The molecule has 0 saturated heterocycles. The van der Waals surface area contributed by atoms with Crippen molar-refractivity contribution >= 4 is 61.1 Å². The normalized spacial score (nSPS) is 18.6. The van der Waals surface area contributed by atoms with Gasteiger partial charge in [-0.25, -0.2) is 12.5 Å². The first kappa shape index (κ1) is 60.3. The molecule has 3 rings (SSSR count). The Hall–Kier alpha value is 2.60. The van der Waals surface area contributed by atoms with Crippen LogP contribution in [0.1, 0.15) is 146 Å². The van der Waals surface area contributed by atoms with Crippen molar-refractivity contribution in [2.75, 3.05) is 28.4 Å². The molecule has 0 bridgehead atoms. The molecule has 0 heterocycles. The molecule has 0 aliphatic heterocycles. The summed E-state index contributed by atoms with van der Waals surface area (Å²) in [6.45, 7) is 30.0. The predicted molar refractivity (Wildman–Crippen MR) is 248 cm³/mol. The van der Waals surface area contributed by atoms with E-state index < -0.39 is 33.3 Å². The second kappa shape index (κ2) is 31.6. The van der Waals surface area contributed by atoms with Crippen LogP contribution in [-0.2, 0) is 17.7 Å². The zero-order chi connectivity index (χ0) is 38.5. The molecule has 51 heavy (non-hydrogen) atoms. The fourth-order valence-corrected chi connectivity index (χ4v) is 19.7. The van der Waals surface area contributed by atoms with Crippen molar-refractivity contribution in [3.63, 3.8) is 0 Å². The molecule has 3 aliphatic rings. The van der Waals surface area contributed by atoms with Crippen LogP contribution in [0.25, 0.3) is 0 Å². The van der Waals surface area contributed by atoms with Gasteiger partial charge in [-0.3, -0.25) is 0 Å². The molecule has 12 heteroatoms. The maximum atomic E-state index is 6.04. The molecule has 3 aliphatic carbocycles. The molecular weight excluding hydrogens is 957 g/mol. The Kier molecular flexibility index (Phi) is 37.3. The van der Waals surface area contributed by atoms with E-state index in [0.717, 1.165) is 39.2 Å². The number of hydrogen-bond donors (Lipinski definition) is 1. The number of hydrogen-bond acceptors (Lipinski definition) is 5. The first-order valence-electron chi connectivity index (χ1n) is 20.1. The van der Waals surface area contributed by atoms with Crippen molar-refractivity contribution < 1.29 is 48.8 Å². The van der Waals surface area contributed by atoms with Gasteiger partial charge in [0, 0.05) is 59.6 Å². The van der Waals surface area contributed by atoms with Crippen LogP contribution in [0.15, 0.2) is 0 Å². The second-order valence-corrected chi connectivity index (χ2v) is 37.3. The molecule has 2 unspecified atom stereocenters. The van der Waals surface area contributed by atoms with E-state index in [4.69, 9.17) is 17.7 Å². The topological polar surface area (TPSA) is 36.9 Å². The van der Waals surface area contributed by atoms with Gasteiger partial charge in [-0.05, 0) is 77.9 Å². The van der Waals surface area contributed by atoms with Crippen molar-refractivity contribution in [3.8, 4) is 0 Å². The first-order valence-corrected chi connectivity index (χ1v) is 32.1. The SMILES string of the molecule is C.CO[Si](C)(C(C)C)C(C)C.CO[Si](C)(C)C1CCCCC1.CO[Si](C)(C1CCCC1)C1CCCC1.CO[Si](C)(CC(C)C)C(C)C.P[B]S.[U]. The summed E-state index contributed by atoms with van der Waals surface area (Å²) in [5.41, 5.74) is 5.07. The molecular formula is C39H93BO4PSSi4U. The minimum Gasteiger partial charge on any atom is -0.420 e. The predicted octanol–water partition coefficient (Wildman–Crippen LogP) is 14.5. The molecule has 0 aromatic heterocycles. The van der Waals surface area contributed by atoms with Gasteiger partial charge < -0.3 is 17.7 Å². The zero-order valence-electron chi connectivity index (χ0n) is 36.7. The molecule has 0 spiro atoms. The summed E-state index contributed by atoms with van der Waals surface area (Å²) in [6.07, 6.45) is 20.5. The van der Waals surface area contributed by atoms with Gasteiger partial charge in [-0.2, -0.15) is 9.12 Å². The summed E-state index contributed by atoms with van der Waals surface area (Å²) in [7, 11) is 4.54. The Labute approximate surface area is 359 Å². The van der Waals surface area contributed by atoms with Crippen LogP contribution < -0.4 is 0 Å². The third-order valence-electron chi connectivity index (χ3n) is 13.1. The third kappa shape index (κ3) is 22.4. The summed E-state index contributed by atoms with van der Waals surface area (Å²) in [5.74, 6) is 0.772. The maximum Gasteiger partial charge on any atom is 0.213 e. The van der Waals surface area contributed by atoms with Crippen LogP contribution in [-0.4, -0.2) is 68.0 Å². The Bertz CT molecular complexity index is 777. The van der Waals surface area contributed by atoms with Gasteiger partial charge in [-0.1, -0.05) is 146 Å². The molecule has 1 radical (unpaired) electrons. The monoisotopic (exact) mass is 1050 g/mol. The van der Waals surface area contributed by atoms with E-state index in [1.807, 2.05) is 28.4 Å². The maximum absolute atomic E-state index is 6.04. The molecule has 307 valence electrons. The van der Waals surface area contributed by atoms with Gasteiger partial charge in [0.15, 0.2) is 33.3 Å². The third-order valence-corrected chi connectivity index (χ3v) is 32.5. The van der Waals surface area contributed by atoms with Gasteiger partial charge in [0.1, 0.15) is 0 Å². The van der Waals surface area contributed by atoms with Crippen molar-refractivity contribution in [2.24, 2.45) is 5.92 Å². The van der Waals surface area contributed by atoms with E-state index >= 15 is 0 Å². The van der Waals surface area contributed by atoms with E-state index in [0.29, 0.717) is 0 Å². The van der Waals surface area contributed by atoms with Crippen LogP contribution in [0.5, 0.6) is 0 Å². The summed E-state index contributed by atoms with van der Waals surface area (Å²) >= 11 is 3.63. The van der Waals surface area contributed by atoms with Crippen molar-refractivity contribution in [3.05, 3.63) is 0 Å². The van der Waals surface area contributed by atoms with E-state index in [9.17, 15) is 0 Å². The van der Waals surface area contributed by atoms with E-state index in [-0.39, 0.29) is 38.5 Å². The molecule has 0 aromatic carbocycles. The summed E-state index contributed by atoms with van der Waals surface area (Å²) in [5, 5.41) is 0. The standard InChI is InChI=1S/C12H24OSi.C9H20OSi.C9H22OSi.C8H20OSi.CH4.BH3PS.U/c1-13-14(2,11-7-3-4-8-11)12-9-5-6-10-12;1-10-11(2,3)9-7-5-4-6-8-9;1-8(2)7-11(6,10-5)9(3)4;1-7(2)10(6,9-5)8(3)4;;2-1-3;/h11-12H,3-10H2,1-2H3;9H,4-8H2,1-3H3;8-9H,7H2,1-6H3;7-8H,1-6H3;1H4;3H,2H2;. The van der Waals surface area contributed by atoms with Crippen molar-refractivity contribution in [2.45, 2.75) is 218 Å². The van der Waals surface area contributed by atoms with Gasteiger partial charge in [0.2, 0.25) is 6.28 Å². The van der Waals surface area contributed by atoms with Crippen LogP contribution in [0.2, 0.25) is 72.0 Å². The Morgan fingerprint density at radius 1 is 0.569 bits per heavy atom. The first-order chi connectivity index (χ1) is 22.7. The van der Waals surface area contributed by atoms with E-state index in [2.05, 4.69) is 110 Å². The van der Waals surface area contributed by atoms with E-state index in [1.165, 1.54) is 89.5 Å². The van der Waals surface area contributed by atoms with Crippen LogP contribution in [0, 0.1) is 37.0 Å². The molecule has 0 amide bonds. The molecule has 4 nitrogen and oxygen atoms in total. The Morgan fingerprint density at radius 3 is 1.10 bits per heavy atom. The Morgan fingerprint density at radius 2 is 0.902 bits per heavy atom. The van der Waals surface area contributed by atoms with Gasteiger partial charge in [0.25, 0.3) is 0 Å². The summed E-state index contributed by atoms with van der Waals surface area (Å²) < 4.78 is 22.9. The van der Waals surface area contributed by atoms with Crippen molar-refractivity contribution in [1.82, 2.24) is 0 Å². The summed E-state index contributed by atoms with van der Waals surface area (Å²) in [4.78, 5) is 0. The quantitative estimate of drug-likeness (QED) is 0.120. The number of rotatable bonds is 12. The van der Waals surface area contributed by atoms with Gasteiger partial charge in [-0.15, -0.1) is 0 Å². The molecule has 2 atom stereocenters. The minimum atomic E-state index is -1.38. The molecule has 0 aromatic rings. The average molecular weight is 1050 g/mol. The Balaban J connectivity index is -0.000000280. The largest absolute Gasteiger partial charge is 0.420 e. The zero-order valence-corrected chi connectivity index (χ0v) is 46.9. The van der Waals surface area contributed by atoms with Gasteiger partial charge in [0.05, 0.1) is 0 Å². The molecule has 0 N–H and O–H groups in total. The van der Waals surface area contributed by atoms with Crippen LogP contribution >= 0.6 is 21.6 Å². The molecule has 3 saturated carbocycles.